The zero-order chi connectivity index (χ0) is 19.7. The molecule has 0 aliphatic rings. The number of amides is 1. The van der Waals surface area contributed by atoms with E-state index in [1.807, 2.05) is 17.4 Å². The van der Waals surface area contributed by atoms with Crippen LogP contribution in [0, 0.1) is 6.92 Å². The SMILES string of the molecule is Cc1nc2ccc(Cl)cn2c1-c1ccnc(Nc2ccc(C(=O)NO)cc2)n1. The summed E-state index contributed by atoms with van der Waals surface area (Å²) >= 11 is 6.13. The second-order valence-electron chi connectivity index (χ2n) is 6.03. The summed E-state index contributed by atoms with van der Waals surface area (Å²) in [5.74, 6) is -0.181. The maximum absolute atomic E-state index is 11.4. The third-order valence-electron chi connectivity index (χ3n) is 4.16. The number of benzene rings is 1. The lowest BCUT2D eigenvalue weighted by molar-refractivity contribution is 0.0706. The highest BCUT2D eigenvalue weighted by molar-refractivity contribution is 6.30. The molecule has 4 aromatic rings. The number of hydrogen-bond donors (Lipinski definition) is 3. The van der Waals surface area contributed by atoms with Gasteiger partial charge in [-0.05, 0) is 49.4 Å². The number of hydroxylamine groups is 1. The number of anilines is 2. The third-order valence-corrected chi connectivity index (χ3v) is 4.38. The summed E-state index contributed by atoms with van der Waals surface area (Å²) in [6.45, 7) is 1.91. The number of pyridine rings is 1. The fraction of sp³-hybridized carbons (Fsp3) is 0.0526. The van der Waals surface area contributed by atoms with Crippen molar-refractivity contribution in [1.29, 1.82) is 0 Å². The number of hydrogen-bond acceptors (Lipinski definition) is 6. The van der Waals surface area contributed by atoms with E-state index in [9.17, 15) is 4.79 Å². The molecule has 0 saturated carbocycles. The maximum atomic E-state index is 11.4. The van der Waals surface area contributed by atoms with Crippen LogP contribution in [0.3, 0.4) is 0 Å². The number of nitrogens with one attached hydrogen (secondary N) is 2. The number of imidazole rings is 1. The van der Waals surface area contributed by atoms with Crippen LogP contribution in [0.4, 0.5) is 11.6 Å². The minimum atomic E-state index is -0.577. The molecule has 0 aliphatic carbocycles. The molecule has 3 N–H and O–H groups in total. The van der Waals surface area contributed by atoms with Crippen LogP contribution in [-0.2, 0) is 0 Å². The van der Waals surface area contributed by atoms with E-state index in [-0.39, 0.29) is 0 Å². The molecule has 3 heterocycles. The molecule has 140 valence electrons. The van der Waals surface area contributed by atoms with Gasteiger partial charge in [0.25, 0.3) is 5.91 Å². The Morgan fingerprint density at radius 1 is 1.11 bits per heavy atom. The van der Waals surface area contributed by atoms with Crippen LogP contribution >= 0.6 is 11.6 Å². The molecule has 8 nitrogen and oxygen atoms in total. The number of aryl methyl sites for hydroxylation is 1. The summed E-state index contributed by atoms with van der Waals surface area (Å²) in [6, 6.07) is 12.0. The molecule has 1 amide bonds. The molecule has 1 aromatic carbocycles. The standard InChI is InChI=1S/C19H15ClN6O2/c1-11-17(26-10-13(20)4-7-16(26)22-11)15-8-9-21-19(24-15)23-14-5-2-12(3-6-14)18(27)25-28/h2-10,28H,1H3,(H,25,27)(H,21,23,24). The van der Waals surface area contributed by atoms with Crippen molar-refractivity contribution in [3.8, 4) is 11.4 Å². The first-order valence-electron chi connectivity index (χ1n) is 8.34. The number of nitrogens with zero attached hydrogens (tertiary/aromatic N) is 4. The average molecular weight is 395 g/mol. The van der Waals surface area contributed by atoms with Crippen LogP contribution in [0.5, 0.6) is 0 Å². The highest BCUT2D eigenvalue weighted by Gasteiger charge is 2.13. The van der Waals surface area contributed by atoms with Gasteiger partial charge in [-0.25, -0.2) is 20.4 Å². The number of carbonyl (C=O) groups excluding carboxylic acids is 1. The Balaban J connectivity index is 1.66. The van der Waals surface area contributed by atoms with Crippen molar-refractivity contribution in [2.45, 2.75) is 6.92 Å². The number of carbonyl (C=O) groups is 1. The molecule has 4 rings (SSSR count). The molecule has 0 radical (unpaired) electrons. The van der Waals surface area contributed by atoms with Gasteiger partial charge in [0.05, 0.1) is 22.1 Å². The molecular formula is C19H15ClN6O2. The van der Waals surface area contributed by atoms with E-state index < -0.39 is 5.91 Å². The Morgan fingerprint density at radius 2 is 1.89 bits per heavy atom. The minimum Gasteiger partial charge on any atom is -0.324 e. The molecule has 0 fully saturated rings. The maximum Gasteiger partial charge on any atom is 0.274 e. The molecule has 0 spiro atoms. The fourth-order valence-electron chi connectivity index (χ4n) is 2.89. The Kier molecular flexibility index (Phi) is 4.64. The van der Waals surface area contributed by atoms with Gasteiger partial charge in [-0.15, -0.1) is 0 Å². The van der Waals surface area contributed by atoms with Crippen molar-refractivity contribution in [3.05, 3.63) is 71.1 Å². The van der Waals surface area contributed by atoms with Crippen LogP contribution in [-0.4, -0.2) is 30.5 Å². The van der Waals surface area contributed by atoms with Crippen molar-refractivity contribution in [2.75, 3.05) is 5.32 Å². The summed E-state index contributed by atoms with van der Waals surface area (Å²) < 4.78 is 1.89. The summed E-state index contributed by atoms with van der Waals surface area (Å²) in [4.78, 5) is 24.8. The number of rotatable bonds is 4. The summed E-state index contributed by atoms with van der Waals surface area (Å²) in [5, 5.41) is 12.4. The van der Waals surface area contributed by atoms with Crippen LogP contribution in [0.25, 0.3) is 17.0 Å². The predicted octanol–water partition coefficient (Wildman–Crippen LogP) is 3.62. The van der Waals surface area contributed by atoms with Gasteiger partial charge in [0.1, 0.15) is 5.65 Å². The minimum absolute atomic E-state index is 0.334. The zero-order valence-electron chi connectivity index (χ0n) is 14.7. The lowest BCUT2D eigenvalue weighted by atomic mass is 10.2. The first kappa shape index (κ1) is 17.9. The van der Waals surface area contributed by atoms with Gasteiger partial charge in [0.2, 0.25) is 5.95 Å². The van der Waals surface area contributed by atoms with E-state index >= 15 is 0 Å². The number of aromatic nitrogens is 4. The second-order valence-corrected chi connectivity index (χ2v) is 6.47. The van der Waals surface area contributed by atoms with Crippen molar-refractivity contribution in [3.63, 3.8) is 0 Å². The molecule has 0 unspecified atom stereocenters. The average Bonchev–Trinajstić information content (AvgIpc) is 3.03. The largest absolute Gasteiger partial charge is 0.324 e. The Hall–Kier alpha value is -3.49. The second kappa shape index (κ2) is 7.26. The molecule has 9 heteroatoms. The molecule has 0 aliphatic heterocycles. The summed E-state index contributed by atoms with van der Waals surface area (Å²) in [7, 11) is 0. The Morgan fingerprint density at radius 3 is 2.64 bits per heavy atom. The number of halogens is 1. The Bertz CT molecular complexity index is 1170. The molecular weight excluding hydrogens is 380 g/mol. The van der Waals surface area contributed by atoms with Gasteiger partial charge in [-0.1, -0.05) is 11.6 Å². The van der Waals surface area contributed by atoms with Crippen molar-refractivity contribution < 1.29 is 10.0 Å². The first-order chi connectivity index (χ1) is 13.5. The molecule has 28 heavy (non-hydrogen) atoms. The Labute approximate surface area is 164 Å². The molecule has 0 saturated heterocycles. The third kappa shape index (κ3) is 3.38. The van der Waals surface area contributed by atoms with Crippen molar-refractivity contribution in [2.24, 2.45) is 0 Å². The summed E-state index contributed by atoms with van der Waals surface area (Å²) in [5.41, 5.74) is 5.76. The van der Waals surface area contributed by atoms with Gasteiger partial charge in [0, 0.05) is 23.6 Å². The van der Waals surface area contributed by atoms with Gasteiger partial charge < -0.3 is 5.32 Å². The lowest BCUT2D eigenvalue weighted by Crippen LogP contribution is -2.18. The lowest BCUT2D eigenvalue weighted by Gasteiger charge is -2.08. The van der Waals surface area contributed by atoms with Gasteiger partial charge in [-0.2, -0.15) is 0 Å². The predicted molar refractivity (Wildman–Crippen MR) is 105 cm³/mol. The number of fused-ring (bicyclic) bond motifs is 1. The molecule has 3 aromatic heterocycles. The van der Waals surface area contributed by atoms with Crippen LogP contribution in [0.1, 0.15) is 16.1 Å². The van der Waals surface area contributed by atoms with Gasteiger partial charge in [0.15, 0.2) is 0 Å². The van der Waals surface area contributed by atoms with Crippen LogP contribution in [0.2, 0.25) is 5.02 Å². The smallest absolute Gasteiger partial charge is 0.274 e. The summed E-state index contributed by atoms with van der Waals surface area (Å²) in [6.07, 6.45) is 3.45. The fourth-order valence-corrected chi connectivity index (χ4v) is 3.06. The quantitative estimate of drug-likeness (QED) is 0.361. The van der Waals surface area contributed by atoms with E-state index in [4.69, 9.17) is 16.8 Å². The highest BCUT2D eigenvalue weighted by Crippen LogP contribution is 2.25. The van der Waals surface area contributed by atoms with E-state index in [1.165, 1.54) is 0 Å². The monoisotopic (exact) mass is 394 g/mol. The molecule has 0 atom stereocenters. The van der Waals surface area contributed by atoms with Gasteiger partial charge in [-0.3, -0.25) is 14.4 Å². The van der Waals surface area contributed by atoms with Crippen LogP contribution < -0.4 is 10.8 Å². The van der Waals surface area contributed by atoms with Crippen LogP contribution in [0.15, 0.2) is 54.9 Å². The van der Waals surface area contributed by atoms with Gasteiger partial charge >= 0.3 is 0 Å². The van der Waals surface area contributed by atoms with E-state index in [1.54, 1.807) is 54.3 Å². The van der Waals surface area contributed by atoms with E-state index in [0.29, 0.717) is 27.9 Å². The first-order valence-corrected chi connectivity index (χ1v) is 8.72. The van der Waals surface area contributed by atoms with E-state index in [0.717, 1.165) is 17.0 Å². The topological polar surface area (TPSA) is 104 Å². The molecule has 0 bridgehead atoms. The normalized spacial score (nSPS) is 10.8. The van der Waals surface area contributed by atoms with Crippen molar-refractivity contribution >= 4 is 34.8 Å². The van der Waals surface area contributed by atoms with E-state index in [2.05, 4.69) is 20.3 Å². The van der Waals surface area contributed by atoms with Crippen molar-refractivity contribution in [1.82, 2.24) is 24.8 Å². The highest BCUT2D eigenvalue weighted by atomic mass is 35.5. The zero-order valence-corrected chi connectivity index (χ0v) is 15.5.